The van der Waals surface area contributed by atoms with Crippen LogP contribution in [-0.4, -0.2) is 64.2 Å². The second-order valence-corrected chi connectivity index (χ2v) is 8.89. The second-order valence-electron chi connectivity index (χ2n) is 8.48. The van der Waals surface area contributed by atoms with Gasteiger partial charge in [-0.3, -0.25) is 19.2 Å². The highest BCUT2D eigenvalue weighted by atomic mass is 35.5. The number of carbonyl (C=O) groups is 4. The third-order valence-electron chi connectivity index (χ3n) is 6.37. The van der Waals surface area contributed by atoms with Gasteiger partial charge in [-0.05, 0) is 37.8 Å². The third kappa shape index (κ3) is 4.59. The molecule has 32 heavy (non-hydrogen) atoms. The largest absolute Gasteiger partial charge is 0.434 e. The maximum atomic E-state index is 13.5. The van der Waals surface area contributed by atoms with Gasteiger partial charge in [-0.15, -0.1) is 0 Å². The number of rotatable bonds is 4. The number of nitrogens with zero attached hydrogens (tertiary/aromatic N) is 1. The van der Waals surface area contributed by atoms with Crippen LogP contribution in [0.3, 0.4) is 0 Å². The number of benzene rings is 1. The number of aliphatic hydroxyl groups is 1. The van der Waals surface area contributed by atoms with Crippen molar-refractivity contribution in [3.63, 3.8) is 0 Å². The smallest absolute Gasteiger partial charge is 0.310 e. The maximum absolute atomic E-state index is 13.5. The van der Waals surface area contributed by atoms with Crippen LogP contribution in [0.5, 0.6) is 0 Å². The maximum Gasteiger partial charge on any atom is 0.310 e. The fourth-order valence-electron chi connectivity index (χ4n) is 4.75. The van der Waals surface area contributed by atoms with E-state index in [-0.39, 0.29) is 23.9 Å². The van der Waals surface area contributed by atoms with Gasteiger partial charge in [-0.25, -0.2) is 0 Å². The molecule has 10 heteroatoms. The lowest BCUT2D eigenvalue weighted by atomic mass is 9.98. The van der Waals surface area contributed by atoms with Crippen molar-refractivity contribution in [1.82, 2.24) is 15.5 Å². The first kappa shape index (κ1) is 22.5. The van der Waals surface area contributed by atoms with Crippen LogP contribution in [0.4, 0.5) is 0 Å². The lowest BCUT2D eigenvalue weighted by Gasteiger charge is -2.35. The molecule has 3 amide bonds. The Hall–Kier alpha value is -2.65. The number of aliphatic hydroxyl groups excluding tert-OH is 1. The first-order valence-electron chi connectivity index (χ1n) is 10.9. The van der Waals surface area contributed by atoms with E-state index >= 15 is 0 Å². The second kappa shape index (κ2) is 9.46. The molecule has 3 fully saturated rings. The summed E-state index contributed by atoms with van der Waals surface area (Å²) in [4.78, 5) is 52.1. The highest BCUT2D eigenvalue weighted by molar-refractivity contribution is 6.33. The zero-order valence-corrected chi connectivity index (χ0v) is 18.2. The summed E-state index contributed by atoms with van der Waals surface area (Å²) in [6, 6.07) is 4.20. The van der Waals surface area contributed by atoms with Gasteiger partial charge in [0.15, 0.2) is 0 Å². The Morgan fingerprint density at radius 2 is 1.81 bits per heavy atom. The molecule has 0 aromatic heterocycles. The number of esters is 1. The van der Waals surface area contributed by atoms with Crippen LogP contribution in [0.1, 0.15) is 55.3 Å². The van der Waals surface area contributed by atoms with E-state index in [0.29, 0.717) is 24.3 Å². The molecule has 3 heterocycles. The van der Waals surface area contributed by atoms with Crippen LogP contribution < -0.4 is 10.6 Å². The summed E-state index contributed by atoms with van der Waals surface area (Å²) in [5, 5.41) is 15.5. The van der Waals surface area contributed by atoms with Crippen molar-refractivity contribution in [3.05, 3.63) is 34.9 Å². The van der Waals surface area contributed by atoms with Gasteiger partial charge in [0.2, 0.25) is 18.1 Å². The SMILES string of the molecule is O=C1CC(NC(=O)[C@@H]2CC[C@@H]3CCCC[C@H](NC(=O)c4ccccc4Cl)C(=O)N32)C(O)O1. The molecular weight excluding hydrogens is 438 g/mol. The van der Waals surface area contributed by atoms with Gasteiger partial charge in [0.05, 0.1) is 17.0 Å². The molecule has 0 bridgehead atoms. The summed E-state index contributed by atoms with van der Waals surface area (Å²) in [7, 11) is 0. The van der Waals surface area contributed by atoms with E-state index in [4.69, 9.17) is 11.6 Å². The number of halogens is 1. The zero-order valence-electron chi connectivity index (χ0n) is 17.5. The van der Waals surface area contributed by atoms with Crippen LogP contribution >= 0.6 is 11.6 Å². The number of cyclic esters (lactones) is 1. The quantitative estimate of drug-likeness (QED) is 0.575. The minimum Gasteiger partial charge on any atom is -0.434 e. The molecule has 1 aromatic rings. The van der Waals surface area contributed by atoms with Gasteiger partial charge < -0.3 is 25.4 Å². The standard InChI is InChI=1S/C22H26ClN3O6/c23-14-7-3-2-6-13(14)19(28)24-15-8-4-1-5-12-9-10-17(26(12)21(15)30)20(29)25-16-11-18(27)32-22(16)31/h2-3,6-7,12,15-17,22,31H,1,4-5,8-11H2,(H,24,28)(H,25,29)/t12-,15-,16?,17-,22?/m0/s1. The summed E-state index contributed by atoms with van der Waals surface area (Å²) in [6.07, 6.45) is 2.56. The van der Waals surface area contributed by atoms with E-state index in [0.717, 1.165) is 19.3 Å². The number of carbonyl (C=O) groups excluding carboxylic acids is 4. The van der Waals surface area contributed by atoms with Crippen molar-refractivity contribution in [2.45, 2.75) is 75.4 Å². The Balaban J connectivity index is 1.49. The average Bonchev–Trinajstić information content (AvgIpc) is 3.31. The van der Waals surface area contributed by atoms with Crippen molar-refractivity contribution < 1.29 is 29.0 Å². The zero-order chi connectivity index (χ0) is 22.8. The monoisotopic (exact) mass is 463 g/mol. The van der Waals surface area contributed by atoms with Crippen LogP contribution in [0, 0.1) is 0 Å². The van der Waals surface area contributed by atoms with Gasteiger partial charge in [0.1, 0.15) is 18.1 Å². The molecular formula is C22H26ClN3O6. The topological polar surface area (TPSA) is 125 Å². The summed E-state index contributed by atoms with van der Waals surface area (Å²) in [6.45, 7) is 0. The summed E-state index contributed by atoms with van der Waals surface area (Å²) < 4.78 is 4.68. The molecule has 0 aliphatic carbocycles. The number of amides is 3. The molecule has 0 radical (unpaired) electrons. The molecule has 4 rings (SSSR count). The number of hydrogen-bond acceptors (Lipinski definition) is 6. The number of nitrogens with one attached hydrogen (secondary N) is 2. The van der Waals surface area contributed by atoms with E-state index < -0.39 is 42.2 Å². The molecule has 172 valence electrons. The van der Waals surface area contributed by atoms with Crippen LogP contribution in [-0.2, 0) is 19.1 Å². The molecule has 0 saturated carbocycles. The third-order valence-corrected chi connectivity index (χ3v) is 6.70. The van der Waals surface area contributed by atoms with Crippen molar-refractivity contribution in [2.75, 3.05) is 0 Å². The van der Waals surface area contributed by atoms with E-state index in [2.05, 4.69) is 15.4 Å². The molecule has 3 N–H and O–H groups in total. The molecule has 0 spiro atoms. The minimum atomic E-state index is -1.39. The van der Waals surface area contributed by atoms with Crippen LogP contribution in [0.25, 0.3) is 0 Å². The van der Waals surface area contributed by atoms with Crippen LogP contribution in [0.2, 0.25) is 5.02 Å². The van der Waals surface area contributed by atoms with E-state index in [1.807, 2.05) is 0 Å². The highest BCUT2D eigenvalue weighted by Crippen LogP contribution is 2.32. The number of hydrogen-bond donors (Lipinski definition) is 3. The minimum absolute atomic E-state index is 0.0929. The fraction of sp³-hybridized carbons (Fsp3) is 0.545. The normalized spacial score (nSPS) is 30.2. The molecule has 9 nitrogen and oxygen atoms in total. The Bertz CT molecular complexity index is 925. The van der Waals surface area contributed by atoms with Gasteiger partial charge in [0, 0.05) is 6.04 Å². The van der Waals surface area contributed by atoms with E-state index in [9.17, 15) is 24.3 Å². The molecule has 3 saturated heterocycles. The van der Waals surface area contributed by atoms with Gasteiger partial charge >= 0.3 is 5.97 Å². The number of ether oxygens (including phenoxy) is 1. The van der Waals surface area contributed by atoms with Crippen molar-refractivity contribution in [2.24, 2.45) is 0 Å². The lowest BCUT2D eigenvalue weighted by Crippen LogP contribution is -2.57. The Kier molecular flexibility index (Phi) is 6.66. The molecule has 2 unspecified atom stereocenters. The first-order chi connectivity index (χ1) is 15.3. The molecule has 1 aromatic carbocycles. The predicted octanol–water partition coefficient (Wildman–Crippen LogP) is 1.12. The molecule has 3 aliphatic heterocycles. The average molecular weight is 464 g/mol. The van der Waals surface area contributed by atoms with Crippen molar-refractivity contribution >= 4 is 35.3 Å². The first-order valence-corrected chi connectivity index (χ1v) is 11.3. The Morgan fingerprint density at radius 3 is 2.53 bits per heavy atom. The van der Waals surface area contributed by atoms with Gasteiger partial charge in [0.25, 0.3) is 5.91 Å². The summed E-state index contributed by atoms with van der Waals surface area (Å²) >= 11 is 6.12. The van der Waals surface area contributed by atoms with Crippen molar-refractivity contribution in [1.29, 1.82) is 0 Å². The predicted molar refractivity (Wildman–Crippen MR) is 113 cm³/mol. The molecule has 5 atom stereocenters. The van der Waals surface area contributed by atoms with E-state index in [1.165, 1.54) is 0 Å². The van der Waals surface area contributed by atoms with Crippen LogP contribution in [0.15, 0.2) is 24.3 Å². The van der Waals surface area contributed by atoms with Gasteiger partial charge in [-0.2, -0.15) is 0 Å². The number of fused-ring (bicyclic) bond motifs is 1. The van der Waals surface area contributed by atoms with E-state index in [1.54, 1.807) is 29.2 Å². The highest BCUT2D eigenvalue weighted by Gasteiger charge is 2.45. The fourth-order valence-corrected chi connectivity index (χ4v) is 4.97. The summed E-state index contributed by atoms with van der Waals surface area (Å²) in [5.74, 6) is -1.75. The van der Waals surface area contributed by atoms with Gasteiger partial charge in [-0.1, -0.05) is 36.6 Å². The molecule has 3 aliphatic rings. The lowest BCUT2D eigenvalue weighted by molar-refractivity contribution is -0.155. The van der Waals surface area contributed by atoms with Crippen molar-refractivity contribution in [3.8, 4) is 0 Å². The summed E-state index contributed by atoms with van der Waals surface area (Å²) in [5.41, 5.74) is 0.288. The Morgan fingerprint density at radius 1 is 1.06 bits per heavy atom. The Labute approximate surface area is 190 Å².